The van der Waals surface area contributed by atoms with Crippen molar-refractivity contribution in [2.75, 3.05) is 4.90 Å². The van der Waals surface area contributed by atoms with Gasteiger partial charge in [0.1, 0.15) is 5.82 Å². The van der Waals surface area contributed by atoms with Crippen molar-refractivity contribution in [3.63, 3.8) is 0 Å². The molecule has 4 aromatic rings. The third-order valence-electron chi connectivity index (χ3n) is 4.86. The number of hydrogen-bond donors (Lipinski definition) is 0. The van der Waals surface area contributed by atoms with Gasteiger partial charge in [0.05, 0.1) is 11.4 Å². The number of aryl methyl sites for hydroxylation is 2. The number of hydrogen-bond acceptors (Lipinski definition) is 5. The van der Waals surface area contributed by atoms with E-state index in [1.807, 2.05) is 16.1 Å². The minimum Gasteiger partial charge on any atom is -0.295 e. The highest BCUT2D eigenvalue weighted by Gasteiger charge is 2.21. The SMILES string of the molecule is CC(=O)N(c1nc(CSc2nccn2-c2ccc(C)c(C)c2)cs1)c1ccccc1F. The Kier molecular flexibility index (Phi) is 6.20. The van der Waals surface area contributed by atoms with Crippen molar-refractivity contribution >= 4 is 39.8 Å². The number of imidazole rings is 1. The van der Waals surface area contributed by atoms with Crippen LogP contribution in [0.5, 0.6) is 0 Å². The van der Waals surface area contributed by atoms with Crippen LogP contribution in [0.1, 0.15) is 23.7 Å². The van der Waals surface area contributed by atoms with Gasteiger partial charge in [-0.15, -0.1) is 11.3 Å². The molecule has 0 fully saturated rings. The number of carbonyl (C=O) groups excluding carboxylic acids is 1. The average Bonchev–Trinajstić information content (AvgIpc) is 3.39. The standard InChI is InChI=1S/C23H21FN4OS2/c1-15-8-9-19(12-16(15)2)27-11-10-25-22(27)30-13-18-14-31-23(26-18)28(17(3)29)21-7-5-4-6-20(21)24/h4-12,14H,13H2,1-3H3. The highest BCUT2D eigenvalue weighted by molar-refractivity contribution is 7.98. The fourth-order valence-corrected chi connectivity index (χ4v) is 4.96. The van der Waals surface area contributed by atoms with Crippen LogP contribution in [-0.4, -0.2) is 20.4 Å². The molecule has 0 saturated carbocycles. The van der Waals surface area contributed by atoms with E-state index in [2.05, 4.69) is 42.0 Å². The second-order valence-electron chi connectivity index (χ2n) is 7.06. The van der Waals surface area contributed by atoms with Crippen LogP contribution in [0.15, 0.2) is 65.4 Å². The van der Waals surface area contributed by atoms with Crippen LogP contribution in [0, 0.1) is 19.7 Å². The molecular weight excluding hydrogens is 431 g/mol. The molecule has 0 atom stereocenters. The van der Waals surface area contributed by atoms with E-state index in [-0.39, 0.29) is 11.6 Å². The number of halogens is 1. The van der Waals surface area contributed by atoms with E-state index in [0.717, 1.165) is 16.5 Å². The Bertz CT molecular complexity index is 1230. The number of thioether (sulfide) groups is 1. The molecule has 0 radical (unpaired) electrons. The minimum atomic E-state index is -0.459. The number of aromatic nitrogens is 3. The first-order valence-corrected chi connectivity index (χ1v) is 11.5. The Labute approximate surface area is 188 Å². The normalized spacial score (nSPS) is 11.0. The number of thiazole rings is 1. The lowest BCUT2D eigenvalue weighted by Gasteiger charge is -2.18. The summed E-state index contributed by atoms with van der Waals surface area (Å²) in [7, 11) is 0. The first kappa shape index (κ1) is 21.3. The molecular formula is C23H21FN4OS2. The molecule has 8 heteroatoms. The van der Waals surface area contributed by atoms with Crippen LogP contribution in [0.3, 0.4) is 0 Å². The molecule has 0 unspecified atom stereocenters. The molecule has 0 aliphatic rings. The van der Waals surface area contributed by atoms with Crippen LogP contribution in [0.25, 0.3) is 5.69 Å². The number of amides is 1. The maximum absolute atomic E-state index is 14.3. The zero-order chi connectivity index (χ0) is 22.0. The van der Waals surface area contributed by atoms with E-state index in [0.29, 0.717) is 10.9 Å². The van der Waals surface area contributed by atoms with Crippen molar-refractivity contribution in [3.8, 4) is 5.69 Å². The van der Waals surface area contributed by atoms with Crippen LogP contribution in [0.4, 0.5) is 15.2 Å². The Morgan fingerprint density at radius 2 is 2.00 bits per heavy atom. The van der Waals surface area contributed by atoms with Crippen molar-refractivity contribution in [1.29, 1.82) is 0 Å². The molecule has 0 N–H and O–H groups in total. The lowest BCUT2D eigenvalue weighted by molar-refractivity contribution is -0.115. The average molecular weight is 453 g/mol. The fraction of sp³-hybridized carbons (Fsp3) is 0.174. The van der Waals surface area contributed by atoms with Crippen molar-refractivity contribution in [3.05, 3.63) is 82.9 Å². The molecule has 4 rings (SSSR count). The first-order valence-electron chi connectivity index (χ1n) is 9.67. The van der Waals surface area contributed by atoms with Gasteiger partial charge in [-0.2, -0.15) is 0 Å². The van der Waals surface area contributed by atoms with Crippen molar-refractivity contribution in [2.24, 2.45) is 0 Å². The monoisotopic (exact) mass is 452 g/mol. The summed E-state index contributed by atoms with van der Waals surface area (Å²) in [6.45, 7) is 5.59. The number of carbonyl (C=O) groups is 1. The summed E-state index contributed by atoms with van der Waals surface area (Å²) >= 11 is 2.88. The third kappa shape index (κ3) is 4.55. The second-order valence-corrected chi connectivity index (χ2v) is 8.84. The van der Waals surface area contributed by atoms with Gasteiger partial charge in [0.2, 0.25) is 5.91 Å². The maximum Gasteiger partial charge on any atom is 0.230 e. The summed E-state index contributed by atoms with van der Waals surface area (Å²) in [5.74, 6) is -0.162. The summed E-state index contributed by atoms with van der Waals surface area (Å²) < 4.78 is 16.3. The van der Waals surface area contributed by atoms with Crippen LogP contribution >= 0.6 is 23.1 Å². The molecule has 158 valence electrons. The quantitative estimate of drug-likeness (QED) is 0.334. The molecule has 0 spiro atoms. The number of nitrogens with zero attached hydrogens (tertiary/aromatic N) is 4. The number of rotatable bonds is 6. The van der Waals surface area contributed by atoms with Crippen molar-refractivity contribution in [1.82, 2.24) is 14.5 Å². The highest BCUT2D eigenvalue weighted by atomic mass is 32.2. The predicted molar refractivity (Wildman–Crippen MR) is 124 cm³/mol. The molecule has 1 amide bonds. The smallest absolute Gasteiger partial charge is 0.230 e. The zero-order valence-electron chi connectivity index (χ0n) is 17.4. The molecule has 5 nitrogen and oxygen atoms in total. The predicted octanol–water partition coefficient (Wildman–Crippen LogP) is 6.06. The summed E-state index contributed by atoms with van der Waals surface area (Å²) in [6, 6.07) is 12.5. The van der Waals surface area contributed by atoms with Crippen LogP contribution in [-0.2, 0) is 10.5 Å². The number of anilines is 2. The van der Waals surface area contributed by atoms with Crippen LogP contribution in [0.2, 0.25) is 0 Å². The number of benzene rings is 2. The van der Waals surface area contributed by atoms with Gasteiger partial charge in [0.25, 0.3) is 0 Å². The summed E-state index contributed by atoms with van der Waals surface area (Å²) in [5, 5.41) is 3.20. The Balaban J connectivity index is 1.53. The molecule has 2 heterocycles. The topological polar surface area (TPSA) is 51.0 Å². The first-order chi connectivity index (χ1) is 14.9. The molecule has 2 aromatic carbocycles. The van der Waals surface area contributed by atoms with Gasteiger partial charge in [-0.05, 0) is 49.2 Å². The molecule has 0 aliphatic heterocycles. The summed E-state index contributed by atoms with van der Waals surface area (Å²) in [4.78, 5) is 22.6. The van der Waals surface area contributed by atoms with Crippen LogP contribution < -0.4 is 4.90 Å². The van der Waals surface area contributed by atoms with Gasteiger partial charge in [-0.25, -0.2) is 14.4 Å². The Hall–Kier alpha value is -2.97. The summed E-state index contributed by atoms with van der Waals surface area (Å²) in [5.41, 5.74) is 4.54. The third-order valence-corrected chi connectivity index (χ3v) is 6.74. The number of para-hydroxylation sites is 1. The van der Waals surface area contributed by atoms with E-state index in [4.69, 9.17) is 0 Å². The Morgan fingerprint density at radius 1 is 1.19 bits per heavy atom. The van der Waals surface area contributed by atoms with Gasteiger partial charge in [0, 0.05) is 36.1 Å². The maximum atomic E-state index is 14.3. The van der Waals surface area contributed by atoms with Gasteiger partial charge in [0.15, 0.2) is 10.3 Å². The molecule has 0 aliphatic carbocycles. The molecule has 31 heavy (non-hydrogen) atoms. The zero-order valence-corrected chi connectivity index (χ0v) is 19.0. The van der Waals surface area contributed by atoms with Gasteiger partial charge in [-0.3, -0.25) is 14.3 Å². The molecule has 2 aromatic heterocycles. The lowest BCUT2D eigenvalue weighted by Crippen LogP contribution is -2.23. The van der Waals surface area contributed by atoms with Gasteiger partial charge >= 0.3 is 0 Å². The van der Waals surface area contributed by atoms with E-state index in [9.17, 15) is 9.18 Å². The second kappa shape index (κ2) is 9.03. The largest absolute Gasteiger partial charge is 0.295 e. The minimum absolute atomic E-state index is 0.203. The van der Waals surface area contributed by atoms with Gasteiger partial charge < -0.3 is 0 Å². The van der Waals surface area contributed by atoms with E-state index < -0.39 is 5.82 Å². The van der Waals surface area contributed by atoms with Crippen molar-refractivity contribution < 1.29 is 9.18 Å². The van der Waals surface area contributed by atoms with E-state index in [1.165, 1.54) is 40.4 Å². The summed E-state index contributed by atoms with van der Waals surface area (Å²) in [6.07, 6.45) is 3.72. The Morgan fingerprint density at radius 3 is 2.74 bits per heavy atom. The highest BCUT2D eigenvalue weighted by Crippen LogP contribution is 2.32. The van der Waals surface area contributed by atoms with E-state index in [1.54, 1.807) is 36.2 Å². The van der Waals surface area contributed by atoms with E-state index >= 15 is 0 Å². The lowest BCUT2D eigenvalue weighted by atomic mass is 10.1. The van der Waals surface area contributed by atoms with Gasteiger partial charge in [-0.1, -0.05) is 30.0 Å². The molecule has 0 saturated heterocycles. The molecule has 0 bridgehead atoms. The fourth-order valence-electron chi connectivity index (χ4n) is 3.11. The van der Waals surface area contributed by atoms with Crippen molar-refractivity contribution in [2.45, 2.75) is 31.7 Å².